The Labute approximate surface area is 163 Å². The van der Waals surface area contributed by atoms with Gasteiger partial charge in [0.15, 0.2) is 0 Å². The number of halogens is 2. The molecule has 6 nitrogen and oxygen atoms in total. The molecule has 0 radical (unpaired) electrons. The average Bonchev–Trinajstić information content (AvgIpc) is 2.98. The minimum Gasteiger partial charge on any atom is -0.337 e. The van der Waals surface area contributed by atoms with Gasteiger partial charge in [-0.15, -0.1) is 36.2 Å². The van der Waals surface area contributed by atoms with Gasteiger partial charge >= 0.3 is 0 Å². The molecular weight excluding hydrogens is 381 g/mol. The van der Waals surface area contributed by atoms with Crippen molar-refractivity contribution in [3.8, 4) is 0 Å². The molecule has 0 bridgehead atoms. The number of imidazole rings is 1. The zero-order valence-corrected chi connectivity index (χ0v) is 16.5. The van der Waals surface area contributed by atoms with Gasteiger partial charge in [0.25, 0.3) is 5.91 Å². The minimum atomic E-state index is 0. The molecule has 1 saturated carbocycles. The Kier molecular flexibility index (Phi) is 6.48. The van der Waals surface area contributed by atoms with Gasteiger partial charge in [0, 0.05) is 30.9 Å². The van der Waals surface area contributed by atoms with E-state index in [1.807, 2.05) is 28.1 Å². The summed E-state index contributed by atoms with van der Waals surface area (Å²) in [5.41, 5.74) is 2.58. The number of nitrogens with one attached hydrogen (secondary N) is 1. The normalized spacial score (nSPS) is 20.4. The van der Waals surface area contributed by atoms with Gasteiger partial charge in [-0.3, -0.25) is 4.79 Å². The third-order valence-corrected chi connectivity index (χ3v) is 5.85. The Hall–Kier alpha value is -1.15. The van der Waals surface area contributed by atoms with Crippen LogP contribution in [0.15, 0.2) is 23.3 Å². The number of aryl methyl sites for hydroxylation is 1. The maximum absolute atomic E-state index is 13.0. The van der Waals surface area contributed by atoms with Gasteiger partial charge in [0.2, 0.25) is 0 Å². The average molecular weight is 404 g/mol. The number of carbonyl (C=O) groups is 1. The summed E-state index contributed by atoms with van der Waals surface area (Å²) < 4.78 is 1.98. The molecule has 4 rings (SSSR count). The van der Waals surface area contributed by atoms with E-state index in [4.69, 9.17) is 0 Å². The van der Waals surface area contributed by atoms with Crippen LogP contribution in [0.5, 0.6) is 0 Å². The number of hydrogen-bond donors (Lipinski definition) is 1. The maximum Gasteiger partial charge on any atom is 0.273 e. The van der Waals surface area contributed by atoms with E-state index in [2.05, 4.69) is 15.3 Å². The summed E-state index contributed by atoms with van der Waals surface area (Å²) in [5.74, 6) is 0.958. The van der Waals surface area contributed by atoms with Crippen molar-refractivity contribution in [2.24, 2.45) is 12.5 Å². The van der Waals surface area contributed by atoms with Crippen LogP contribution in [0.1, 0.15) is 35.6 Å². The summed E-state index contributed by atoms with van der Waals surface area (Å²) in [6.45, 7) is 2.66. The fraction of sp³-hybridized carbons (Fsp3) is 0.562. The number of carbonyl (C=O) groups excluding carboxylic acids is 1. The minimum absolute atomic E-state index is 0. The topological polar surface area (TPSA) is 63.1 Å². The van der Waals surface area contributed by atoms with Crippen molar-refractivity contribution in [2.45, 2.75) is 31.8 Å². The first-order valence-corrected chi connectivity index (χ1v) is 9.00. The predicted molar refractivity (Wildman–Crippen MR) is 103 cm³/mol. The zero-order valence-electron chi connectivity index (χ0n) is 14.1. The van der Waals surface area contributed by atoms with E-state index in [0.29, 0.717) is 23.7 Å². The molecule has 2 aromatic rings. The molecular formula is C16H23Cl2N5OS. The molecule has 1 amide bonds. The second-order valence-electron chi connectivity index (χ2n) is 6.59. The molecule has 3 heterocycles. The third-order valence-electron chi connectivity index (χ3n) is 5.27. The second-order valence-corrected chi connectivity index (χ2v) is 7.31. The highest BCUT2D eigenvalue weighted by atomic mass is 35.5. The monoisotopic (exact) mass is 403 g/mol. The molecule has 1 atom stereocenters. The Bertz CT molecular complexity index is 699. The van der Waals surface area contributed by atoms with Crippen LogP contribution in [0.4, 0.5) is 0 Å². The van der Waals surface area contributed by atoms with Crippen molar-refractivity contribution in [1.82, 2.24) is 24.8 Å². The summed E-state index contributed by atoms with van der Waals surface area (Å²) in [7, 11) is 1.97. The molecule has 0 aromatic carbocycles. The summed E-state index contributed by atoms with van der Waals surface area (Å²) in [5, 5.41) is 5.26. The maximum atomic E-state index is 13.0. The van der Waals surface area contributed by atoms with Crippen LogP contribution < -0.4 is 5.32 Å². The molecule has 2 aliphatic rings. The predicted octanol–water partition coefficient (Wildman–Crippen LogP) is 2.50. The van der Waals surface area contributed by atoms with E-state index in [1.54, 1.807) is 11.7 Å². The quantitative estimate of drug-likeness (QED) is 0.851. The van der Waals surface area contributed by atoms with E-state index < -0.39 is 0 Å². The van der Waals surface area contributed by atoms with Gasteiger partial charge in [0.05, 0.1) is 12.1 Å². The lowest BCUT2D eigenvalue weighted by molar-refractivity contribution is 0.0680. The van der Waals surface area contributed by atoms with Gasteiger partial charge in [0.1, 0.15) is 11.5 Å². The summed E-state index contributed by atoms with van der Waals surface area (Å²) in [4.78, 5) is 23.6. The summed E-state index contributed by atoms with van der Waals surface area (Å²) in [6, 6.07) is 0.315. The van der Waals surface area contributed by atoms with Gasteiger partial charge in [-0.05, 0) is 37.8 Å². The standard InChI is InChI=1S/C16H21N5OS.2ClH/c1-20-7-6-18-14(20)9-21(15(22)12-10-23-11-19-12)13-8-16(13)2-4-17-5-3-16;;/h6-7,10-11,13,17H,2-5,8-9H2,1H3;2*1H. The molecule has 1 aliphatic heterocycles. The van der Waals surface area contributed by atoms with Gasteiger partial charge in [-0.1, -0.05) is 0 Å². The van der Waals surface area contributed by atoms with Crippen LogP contribution in [-0.2, 0) is 13.6 Å². The third kappa shape index (κ3) is 3.84. The number of thiazole rings is 1. The fourth-order valence-corrected chi connectivity index (χ4v) is 4.24. The van der Waals surface area contributed by atoms with Crippen molar-refractivity contribution in [3.63, 3.8) is 0 Å². The fourth-order valence-electron chi connectivity index (χ4n) is 3.72. The Balaban J connectivity index is 0.00000113. The van der Waals surface area contributed by atoms with E-state index in [-0.39, 0.29) is 30.7 Å². The molecule has 1 spiro atoms. The lowest BCUT2D eigenvalue weighted by Gasteiger charge is -2.29. The second kappa shape index (κ2) is 8.03. The Morgan fingerprint density at radius 1 is 1.40 bits per heavy atom. The van der Waals surface area contributed by atoms with Crippen LogP contribution >= 0.6 is 36.2 Å². The highest BCUT2D eigenvalue weighted by Gasteiger charge is 2.58. The molecule has 1 N–H and O–H groups in total. The highest BCUT2D eigenvalue weighted by molar-refractivity contribution is 7.07. The Morgan fingerprint density at radius 3 is 2.76 bits per heavy atom. The molecule has 2 fully saturated rings. The number of aromatic nitrogens is 3. The van der Waals surface area contributed by atoms with E-state index >= 15 is 0 Å². The first-order valence-electron chi connectivity index (χ1n) is 8.06. The van der Waals surface area contributed by atoms with E-state index in [1.165, 1.54) is 11.3 Å². The van der Waals surface area contributed by atoms with E-state index in [9.17, 15) is 4.79 Å². The number of hydrogen-bond acceptors (Lipinski definition) is 5. The van der Waals surface area contributed by atoms with Crippen LogP contribution in [0, 0.1) is 5.41 Å². The van der Waals surface area contributed by atoms with Crippen LogP contribution in [-0.4, -0.2) is 44.5 Å². The number of nitrogens with zero attached hydrogens (tertiary/aromatic N) is 4. The number of rotatable bonds is 4. The molecule has 1 saturated heterocycles. The van der Waals surface area contributed by atoms with Crippen molar-refractivity contribution in [3.05, 3.63) is 34.8 Å². The molecule has 9 heteroatoms. The van der Waals surface area contributed by atoms with Gasteiger partial charge < -0.3 is 14.8 Å². The smallest absolute Gasteiger partial charge is 0.273 e. The van der Waals surface area contributed by atoms with Crippen LogP contribution in [0.2, 0.25) is 0 Å². The molecule has 1 unspecified atom stereocenters. The number of piperidine rings is 1. The lowest BCUT2D eigenvalue weighted by Crippen LogP contribution is -2.39. The first kappa shape index (κ1) is 20.2. The lowest BCUT2D eigenvalue weighted by atomic mass is 9.93. The van der Waals surface area contributed by atoms with Gasteiger partial charge in [-0.25, -0.2) is 9.97 Å². The largest absolute Gasteiger partial charge is 0.337 e. The van der Waals surface area contributed by atoms with Crippen molar-refractivity contribution in [2.75, 3.05) is 13.1 Å². The van der Waals surface area contributed by atoms with Crippen LogP contribution in [0.3, 0.4) is 0 Å². The van der Waals surface area contributed by atoms with E-state index in [0.717, 1.165) is 38.2 Å². The highest BCUT2D eigenvalue weighted by Crippen LogP contribution is 2.56. The van der Waals surface area contributed by atoms with Crippen molar-refractivity contribution < 1.29 is 4.79 Å². The van der Waals surface area contributed by atoms with Crippen molar-refractivity contribution >= 4 is 42.1 Å². The van der Waals surface area contributed by atoms with Crippen LogP contribution in [0.25, 0.3) is 0 Å². The molecule has 1 aliphatic carbocycles. The summed E-state index contributed by atoms with van der Waals surface area (Å²) in [6.07, 6.45) is 7.12. The Morgan fingerprint density at radius 2 is 2.16 bits per heavy atom. The molecule has 2 aromatic heterocycles. The first-order chi connectivity index (χ1) is 11.2. The molecule has 138 valence electrons. The summed E-state index contributed by atoms with van der Waals surface area (Å²) >= 11 is 1.47. The number of amides is 1. The SMILES string of the molecule is Cl.Cl.Cn1ccnc1CN(C(=O)c1cscn1)C1CC12CCNCC2. The molecule has 25 heavy (non-hydrogen) atoms. The van der Waals surface area contributed by atoms with Crippen molar-refractivity contribution in [1.29, 1.82) is 0 Å². The van der Waals surface area contributed by atoms with Gasteiger partial charge in [-0.2, -0.15) is 0 Å². The zero-order chi connectivity index (χ0) is 15.9.